The highest BCUT2D eigenvalue weighted by molar-refractivity contribution is 5.96. The Hall–Kier alpha value is -2.64. The molecule has 24 heavy (non-hydrogen) atoms. The highest BCUT2D eigenvalue weighted by Gasteiger charge is 2.12. The maximum absolute atomic E-state index is 11.6. The fourth-order valence-electron chi connectivity index (χ4n) is 1.63. The largest absolute Gasteiger partial charge is 0.478 e. The summed E-state index contributed by atoms with van der Waals surface area (Å²) in [5, 5.41) is 17.2. The van der Waals surface area contributed by atoms with Crippen LogP contribution in [-0.4, -0.2) is 47.3 Å². The number of carbonyl (C=O) groups excluding carboxylic acids is 2. The van der Waals surface area contributed by atoms with Crippen LogP contribution in [0.3, 0.4) is 0 Å². The molecule has 0 aliphatic heterocycles. The Balaban J connectivity index is 4.07. The van der Waals surface area contributed by atoms with E-state index in [1.165, 1.54) is 0 Å². The second-order valence-corrected chi connectivity index (χ2v) is 4.70. The number of ether oxygens (including phenoxy) is 2. The minimum absolute atomic E-state index is 0.0684. The molecule has 0 fully saturated rings. The summed E-state index contributed by atoms with van der Waals surface area (Å²) in [4.78, 5) is 44.2. The molecule has 0 spiro atoms. The number of hydrogen-bond donors (Lipinski definition) is 2. The van der Waals surface area contributed by atoms with Crippen LogP contribution in [0.25, 0.3) is 0 Å². The number of esters is 2. The van der Waals surface area contributed by atoms with E-state index in [0.717, 1.165) is 12.2 Å². The van der Waals surface area contributed by atoms with Crippen molar-refractivity contribution in [1.82, 2.24) is 0 Å². The van der Waals surface area contributed by atoms with Crippen molar-refractivity contribution in [3.63, 3.8) is 0 Å². The van der Waals surface area contributed by atoms with Crippen LogP contribution >= 0.6 is 0 Å². The number of rotatable bonds is 11. The molecule has 0 unspecified atom stereocenters. The van der Waals surface area contributed by atoms with E-state index in [1.807, 2.05) is 0 Å². The highest BCUT2D eigenvalue weighted by atomic mass is 16.5. The topological polar surface area (TPSA) is 127 Å². The number of aliphatic carboxylic acids is 2. The number of carboxylic acids is 2. The summed E-state index contributed by atoms with van der Waals surface area (Å²) in [6.07, 6.45) is 2.97. The predicted octanol–water partition coefficient (Wildman–Crippen LogP) is 1.69. The van der Waals surface area contributed by atoms with Crippen molar-refractivity contribution in [2.75, 3.05) is 13.2 Å². The normalized spacial score (nSPS) is 11.8. The van der Waals surface area contributed by atoms with Crippen LogP contribution in [0.5, 0.6) is 0 Å². The van der Waals surface area contributed by atoms with Crippen molar-refractivity contribution in [3.05, 3.63) is 23.3 Å². The second-order valence-electron chi connectivity index (χ2n) is 4.70. The third-order valence-electron chi connectivity index (χ3n) is 2.89. The zero-order valence-electron chi connectivity index (χ0n) is 13.7. The van der Waals surface area contributed by atoms with Crippen LogP contribution in [0.4, 0.5) is 0 Å². The summed E-state index contributed by atoms with van der Waals surface area (Å²) < 4.78 is 9.85. The lowest BCUT2D eigenvalue weighted by atomic mass is 10.2. The van der Waals surface area contributed by atoms with Gasteiger partial charge in [0.25, 0.3) is 0 Å². The molecule has 0 heterocycles. The molecule has 0 saturated heterocycles. The smallest absolute Gasteiger partial charge is 0.334 e. The summed E-state index contributed by atoms with van der Waals surface area (Å²) in [5.74, 6) is -3.79. The summed E-state index contributed by atoms with van der Waals surface area (Å²) >= 11 is 0. The molecule has 0 saturated carbocycles. The lowest BCUT2D eigenvalue weighted by Crippen LogP contribution is -2.12. The van der Waals surface area contributed by atoms with Gasteiger partial charge in [0.15, 0.2) is 0 Å². The van der Waals surface area contributed by atoms with E-state index in [1.54, 1.807) is 13.8 Å². The molecule has 134 valence electrons. The van der Waals surface area contributed by atoms with Gasteiger partial charge in [-0.1, -0.05) is 13.8 Å². The monoisotopic (exact) mass is 342 g/mol. The summed E-state index contributed by atoms with van der Waals surface area (Å²) in [6.45, 7) is 3.43. The third kappa shape index (κ3) is 9.39. The van der Waals surface area contributed by atoms with E-state index in [0.29, 0.717) is 12.8 Å². The van der Waals surface area contributed by atoms with Gasteiger partial charge in [-0.25, -0.2) is 19.2 Å². The molecular formula is C16H22O8. The molecule has 0 aromatic carbocycles. The average molecular weight is 342 g/mol. The van der Waals surface area contributed by atoms with Crippen molar-refractivity contribution < 1.29 is 38.9 Å². The van der Waals surface area contributed by atoms with Gasteiger partial charge in [-0.05, 0) is 25.7 Å². The average Bonchev–Trinajstić information content (AvgIpc) is 2.52. The lowest BCUT2D eigenvalue weighted by Gasteiger charge is -2.08. The Morgan fingerprint density at radius 1 is 0.750 bits per heavy atom. The zero-order valence-corrected chi connectivity index (χ0v) is 13.7. The van der Waals surface area contributed by atoms with Crippen molar-refractivity contribution in [3.8, 4) is 0 Å². The van der Waals surface area contributed by atoms with E-state index in [4.69, 9.17) is 19.7 Å². The molecule has 0 radical (unpaired) electrons. The van der Waals surface area contributed by atoms with E-state index >= 15 is 0 Å². The molecule has 0 aromatic rings. The first-order valence-electron chi connectivity index (χ1n) is 7.53. The van der Waals surface area contributed by atoms with E-state index in [2.05, 4.69) is 0 Å². The van der Waals surface area contributed by atoms with Gasteiger partial charge in [0.2, 0.25) is 0 Å². The minimum Gasteiger partial charge on any atom is -0.478 e. The molecule has 0 aliphatic rings. The van der Waals surface area contributed by atoms with Crippen molar-refractivity contribution in [1.29, 1.82) is 0 Å². The van der Waals surface area contributed by atoms with Gasteiger partial charge in [0, 0.05) is 23.3 Å². The van der Waals surface area contributed by atoms with E-state index in [-0.39, 0.29) is 37.2 Å². The summed E-state index contributed by atoms with van der Waals surface area (Å²) in [7, 11) is 0. The number of carbonyl (C=O) groups is 4. The van der Waals surface area contributed by atoms with Gasteiger partial charge in [-0.2, -0.15) is 0 Å². The predicted molar refractivity (Wildman–Crippen MR) is 83.2 cm³/mol. The van der Waals surface area contributed by atoms with E-state index < -0.39 is 23.9 Å². The third-order valence-corrected chi connectivity index (χ3v) is 2.89. The van der Waals surface area contributed by atoms with Gasteiger partial charge in [0.1, 0.15) is 0 Å². The van der Waals surface area contributed by atoms with Gasteiger partial charge in [-0.3, -0.25) is 0 Å². The standard InChI is InChI=1S/C16H22O8/c1-3-11(9-13(17)18)15(21)23-7-5-6-8-24-16(22)12(4-2)10-14(19)20/h9-10H,3-8H2,1-2H3,(H,17,18)(H,19,20)/b11-9+,12-10+. The van der Waals surface area contributed by atoms with Crippen LogP contribution in [0.15, 0.2) is 23.3 Å². The Morgan fingerprint density at radius 2 is 1.08 bits per heavy atom. The Bertz CT molecular complexity index is 482. The zero-order chi connectivity index (χ0) is 18.5. The Kier molecular flexibility index (Phi) is 10.6. The van der Waals surface area contributed by atoms with Gasteiger partial charge >= 0.3 is 23.9 Å². The quantitative estimate of drug-likeness (QED) is 0.330. The van der Waals surface area contributed by atoms with Gasteiger partial charge in [-0.15, -0.1) is 0 Å². The number of hydrogen-bond acceptors (Lipinski definition) is 6. The van der Waals surface area contributed by atoms with Crippen LogP contribution in [0.2, 0.25) is 0 Å². The molecule has 0 atom stereocenters. The van der Waals surface area contributed by atoms with Crippen molar-refractivity contribution >= 4 is 23.9 Å². The maximum atomic E-state index is 11.6. The number of unbranched alkanes of at least 4 members (excludes halogenated alkanes) is 1. The van der Waals surface area contributed by atoms with Gasteiger partial charge in [0.05, 0.1) is 13.2 Å². The fourth-order valence-corrected chi connectivity index (χ4v) is 1.63. The SMILES string of the molecule is CC/C(=C\C(=O)O)C(=O)OCCCCOC(=O)/C(=C/C(=O)O)CC. The highest BCUT2D eigenvalue weighted by Crippen LogP contribution is 2.06. The lowest BCUT2D eigenvalue weighted by molar-refractivity contribution is -0.142. The molecular weight excluding hydrogens is 320 g/mol. The molecule has 0 rings (SSSR count). The molecule has 0 aliphatic carbocycles. The Labute approximate surface area is 139 Å². The molecule has 0 amide bonds. The van der Waals surface area contributed by atoms with Crippen LogP contribution < -0.4 is 0 Å². The molecule has 0 bridgehead atoms. The summed E-state index contributed by atoms with van der Waals surface area (Å²) in [6, 6.07) is 0. The van der Waals surface area contributed by atoms with E-state index in [9.17, 15) is 19.2 Å². The Morgan fingerprint density at radius 3 is 1.33 bits per heavy atom. The first kappa shape index (κ1) is 21.4. The first-order chi connectivity index (χ1) is 11.3. The molecule has 2 N–H and O–H groups in total. The van der Waals surface area contributed by atoms with Crippen LogP contribution in [0, 0.1) is 0 Å². The maximum Gasteiger partial charge on any atom is 0.334 e. The molecule has 8 nitrogen and oxygen atoms in total. The van der Waals surface area contributed by atoms with Gasteiger partial charge < -0.3 is 19.7 Å². The van der Waals surface area contributed by atoms with Crippen LogP contribution in [0.1, 0.15) is 39.5 Å². The van der Waals surface area contributed by atoms with Crippen molar-refractivity contribution in [2.45, 2.75) is 39.5 Å². The second kappa shape index (κ2) is 11.9. The first-order valence-corrected chi connectivity index (χ1v) is 7.53. The molecule has 0 aromatic heterocycles. The minimum atomic E-state index is -1.21. The van der Waals surface area contributed by atoms with Crippen molar-refractivity contribution in [2.24, 2.45) is 0 Å². The van der Waals surface area contributed by atoms with Crippen LogP contribution in [-0.2, 0) is 28.7 Å². The fraction of sp³-hybridized carbons (Fsp3) is 0.500. The molecule has 8 heteroatoms. The number of carboxylic acid groups (broad SMARTS) is 2. The summed E-state index contributed by atoms with van der Waals surface area (Å²) in [5.41, 5.74) is 0.139.